The Morgan fingerprint density at radius 1 is 1.24 bits per heavy atom. The first-order valence-corrected chi connectivity index (χ1v) is 6.27. The Kier molecular flexibility index (Phi) is 4.06. The predicted molar refractivity (Wildman–Crippen MR) is 67.3 cm³/mol. The number of rotatable bonds is 4. The molecule has 5 nitrogen and oxygen atoms in total. The summed E-state index contributed by atoms with van der Waals surface area (Å²) in [6.45, 7) is 0. The molecule has 0 radical (unpaired) electrons. The molecule has 1 saturated carbocycles. The molecular weight excluding hydrogens is 289 g/mol. The number of hydrogen-bond acceptors (Lipinski definition) is 2. The number of anilines is 1. The van der Waals surface area contributed by atoms with Crippen LogP contribution < -0.4 is 10.6 Å². The van der Waals surface area contributed by atoms with E-state index in [9.17, 15) is 22.8 Å². The Labute approximate surface area is 118 Å². The van der Waals surface area contributed by atoms with E-state index in [-0.39, 0.29) is 6.42 Å². The van der Waals surface area contributed by atoms with Gasteiger partial charge >= 0.3 is 12.0 Å². The summed E-state index contributed by atoms with van der Waals surface area (Å²) < 4.78 is 39.4. The van der Waals surface area contributed by atoms with Crippen LogP contribution in [0.2, 0.25) is 0 Å². The van der Waals surface area contributed by atoms with Crippen LogP contribution in [-0.4, -0.2) is 22.6 Å². The number of carboxylic acid groups (broad SMARTS) is 1. The van der Waals surface area contributed by atoms with Gasteiger partial charge in [-0.25, -0.2) is 18.0 Å². The SMILES string of the molecule is O=C(O)CC1(NC(=O)Nc2cc(F)cc(F)c2F)CCC1. The molecule has 1 aromatic rings. The van der Waals surface area contributed by atoms with Crippen LogP contribution in [0.3, 0.4) is 0 Å². The van der Waals surface area contributed by atoms with Crippen molar-refractivity contribution in [3.63, 3.8) is 0 Å². The molecule has 1 aliphatic rings. The molecule has 1 aromatic carbocycles. The second-order valence-corrected chi connectivity index (χ2v) is 5.03. The maximum Gasteiger partial charge on any atom is 0.319 e. The summed E-state index contributed by atoms with van der Waals surface area (Å²) in [4.78, 5) is 22.5. The topological polar surface area (TPSA) is 78.4 Å². The first kappa shape index (κ1) is 15.1. The minimum atomic E-state index is -1.42. The molecule has 1 aliphatic carbocycles. The van der Waals surface area contributed by atoms with E-state index >= 15 is 0 Å². The number of urea groups is 1. The fourth-order valence-corrected chi connectivity index (χ4v) is 2.28. The van der Waals surface area contributed by atoms with Gasteiger partial charge in [-0.3, -0.25) is 4.79 Å². The van der Waals surface area contributed by atoms with Crippen LogP contribution in [0.4, 0.5) is 23.7 Å². The van der Waals surface area contributed by atoms with Crippen LogP contribution in [0.1, 0.15) is 25.7 Å². The van der Waals surface area contributed by atoms with Crippen molar-refractivity contribution in [3.05, 3.63) is 29.6 Å². The molecule has 0 atom stereocenters. The molecule has 0 bridgehead atoms. The fourth-order valence-electron chi connectivity index (χ4n) is 2.28. The number of carbonyl (C=O) groups excluding carboxylic acids is 1. The van der Waals surface area contributed by atoms with Gasteiger partial charge in [-0.2, -0.15) is 0 Å². The van der Waals surface area contributed by atoms with Gasteiger partial charge in [0, 0.05) is 12.1 Å². The first-order chi connectivity index (χ1) is 9.81. The second-order valence-electron chi connectivity index (χ2n) is 5.03. The lowest BCUT2D eigenvalue weighted by Gasteiger charge is -2.41. The van der Waals surface area contributed by atoms with Crippen molar-refractivity contribution in [2.75, 3.05) is 5.32 Å². The Morgan fingerprint density at radius 3 is 2.43 bits per heavy atom. The highest BCUT2D eigenvalue weighted by Crippen LogP contribution is 2.35. The van der Waals surface area contributed by atoms with E-state index in [4.69, 9.17) is 5.11 Å². The van der Waals surface area contributed by atoms with E-state index in [2.05, 4.69) is 5.32 Å². The van der Waals surface area contributed by atoms with Gasteiger partial charge in [0.15, 0.2) is 11.6 Å². The molecule has 0 heterocycles. The van der Waals surface area contributed by atoms with Crippen LogP contribution in [0.25, 0.3) is 0 Å². The van der Waals surface area contributed by atoms with E-state index in [1.165, 1.54) is 0 Å². The smallest absolute Gasteiger partial charge is 0.319 e. The minimum Gasteiger partial charge on any atom is -0.481 e. The zero-order valence-electron chi connectivity index (χ0n) is 10.9. The quantitative estimate of drug-likeness (QED) is 0.748. The molecule has 2 rings (SSSR count). The normalized spacial score (nSPS) is 16.0. The molecule has 21 heavy (non-hydrogen) atoms. The summed E-state index contributed by atoms with van der Waals surface area (Å²) in [5, 5.41) is 13.2. The van der Waals surface area contributed by atoms with Crippen LogP contribution in [0, 0.1) is 17.5 Å². The van der Waals surface area contributed by atoms with Gasteiger partial charge < -0.3 is 15.7 Å². The number of aliphatic carboxylic acids is 1. The number of amides is 2. The molecule has 0 unspecified atom stereocenters. The predicted octanol–water partition coefficient (Wildman–Crippen LogP) is 2.62. The number of carboxylic acids is 1. The summed E-state index contributed by atoms with van der Waals surface area (Å²) >= 11 is 0. The van der Waals surface area contributed by atoms with E-state index < -0.39 is 40.7 Å². The van der Waals surface area contributed by atoms with Crippen molar-refractivity contribution >= 4 is 17.7 Å². The monoisotopic (exact) mass is 302 g/mol. The summed E-state index contributed by atoms with van der Waals surface area (Å²) in [6.07, 6.45) is 1.45. The van der Waals surface area contributed by atoms with Crippen molar-refractivity contribution in [1.82, 2.24) is 5.32 Å². The van der Waals surface area contributed by atoms with Gasteiger partial charge in [0.25, 0.3) is 0 Å². The number of carbonyl (C=O) groups is 2. The molecule has 1 fully saturated rings. The molecule has 8 heteroatoms. The van der Waals surface area contributed by atoms with Crippen molar-refractivity contribution in [2.24, 2.45) is 0 Å². The molecule has 0 spiro atoms. The third-order valence-corrected chi connectivity index (χ3v) is 3.42. The van der Waals surface area contributed by atoms with Crippen LogP contribution in [0.5, 0.6) is 0 Å². The summed E-state index contributed by atoms with van der Waals surface area (Å²) in [6, 6.07) is 0.0960. The van der Waals surface area contributed by atoms with E-state index in [0.29, 0.717) is 25.0 Å². The second kappa shape index (κ2) is 5.63. The number of halogens is 3. The van der Waals surface area contributed by atoms with Crippen LogP contribution in [0.15, 0.2) is 12.1 Å². The highest BCUT2D eigenvalue weighted by Gasteiger charge is 2.40. The molecule has 0 aromatic heterocycles. The van der Waals surface area contributed by atoms with Gasteiger partial charge in [0.2, 0.25) is 0 Å². The largest absolute Gasteiger partial charge is 0.481 e. The van der Waals surface area contributed by atoms with Gasteiger partial charge in [0.05, 0.1) is 17.6 Å². The Bertz CT molecular complexity index is 588. The lowest BCUT2D eigenvalue weighted by atomic mass is 9.74. The van der Waals surface area contributed by atoms with Crippen molar-refractivity contribution in [2.45, 2.75) is 31.2 Å². The third-order valence-electron chi connectivity index (χ3n) is 3.42. The van der Waals surface area contributed by atoms with Crippen LogP contribution in [-0.2, 0) is 4.79 Å². The van der Waals surface area contributed by atoms with Gasteiger partial charge in [-0.05, 0) is 19.3 Å². The molecule has 3 N–H and O–H groups in total. The maximum atomic E-state index is 13.4. The Balaban J connectivity index is 2.07. The molecule has 0 aliphatic heterocycles. The zero-order valence-corrected chi connectivity index (χ0v) is 10.9. The van der Waals surface area contributed by atoms with E-state index in [1.54, 1.807) is 0 Å². The molecule has 0 saturated heterocycles. The average molecular weight is 302 g/mol. The maximum absolute atomic E-state index is 13.4. The van der Waals surface area contributed by atoms with Crippen molar-refractivity contribution in [3.8, 4) is 0 Å². The van der Waals surface area contributed by atoms with Crippen LogP contribution >= 0.6 is 0 Å². The van der Waals surface area contributed by atoms with Gasteiger partial charge in [-0.1, -0.05) is 0 Å². The van der Waals surface area contributed by atoms with E-state index in [1.807, 2.05) is 5.32 Å². The van der Waals surface area contributed by atoms with Gasteiger partial charge in [0.1, 0.15) is 5.82 Å². The molecule has 114 valence electrons. The molecular formula is C13H13F3N2O3. The highest BCUT2D eigenvalue weighted by molar-refractivity contribution is 5.90. The highest BCUT2D eigenvalue weighted by atomic mass is 19.2. The van der Waals surface area contributed by atoms with E-state index in [0.717, 1.165) is 6.42 Å². The number of benzene rings is 1. The third kappa shape index (κ3) is 3.45. The lowest BCUT2D eigenvalue weighted by Crippen LogP contribution is -2.55. The summed E-state index contributed by atoms with van der Waals surface area (Å²) in [5.74, 6) is -4.91. The zero-order chi connectivity index (χ0) is 15.6. The summed E-state index contributed by atoms with van der Waals surface area (Å²) in [7, 11) is 0. The molecule has 2 amide bonds. The Morgan fingerprint density at radius 2 is 1.90 bits per heavy atom. The summed E-state index contributed by atoms with van der Waals surface area (Å²) in [5.41, 5.74) is -1.53. The minimum absolute atomic E-state index is 0.263. The fraction of sp³-hybridized carbons (Fsp3) is 0.385. The number of hydrogen-bond donors (Lipinski definition) is 3. The lowest BCUT2D eigenvalue weighted by molar-refractivity contribution is -0.139. The number of nitrogens with one attached hydrogen (secondary N) is 2. The van der Waals surface area contributed by atoms with Gasteiger partial charge in [-0.15, -0.1) is 0 Å². The standard InChI is InChI=1S/C13H13F3N2O3/c14-7-4-8(15)11(16)9(5-7)17-12(21)18-13(2-1-3-13)6-10(19)20/h4-5H,1-3,6H2,(H,19,20)(H2,17,18,21). The first-order valence-electron chi connectivity index (χ1n) is 6.27. The average Bonchev–Trinajstić information content (AvgIpc) is 2.32. The Hall–Kier alpha value is -2.25. The van der Waals surface area contributed by atoms with Crippen molar-refractivity contribution < 1.29 is 27.9 Å². The van der Waals surface area contributed by atoms with Crippen molar-refractivity contribution in [1.29, 1.82) is 0 Å².